The van der Waals surface area contributed by atoms with E-state index in [2.05, 4.69) is 9.88 Å². The Morgan fingerprint density at radius 3 is 2.93 bits per heavy atom. The van der Waals surface area contributed by atoms with Crippen LogP contribution in [0.1, 0.15) is 41.4 Å². The van der Waals surface area contributed by atoms with Gasteiger partial charge in [-0.1, -0.05) is 13.0 Å². The second kappa shape index (κ2) is 7.42. The van der Waals surface area contributed by atoms with Crippen molar-refractivity contribution in [2.24, 2.45) is 0 Å². The number of anilines is 2. The minimum absolute atomic E-state index is 0.197. The molecule has 2 amide bonds. The number of hydrogen-bond donors (Lipinski definition) is 0. The molecule has 156 valence electrons. The van der Waals surface area contributed by atoms with Crippen molar-refractivity contribution in [3.8, 4) is 11.1 Å². The summed E-state index contributed by atoms with van der Waals surface area (Å²) in [6, 6.07) is 5.98. The molecule has 6 nitrogen and oxygen atoms in total. The summed E-state index contributed by atoms with van der Waals surface area (Å²) in [6.45, 7) is 1.71. The van der Waals surface area contributed by atoms with Crippen molar-refractivity contribution in [2.75, 3.05) is 36.4 Å². The Kier molecular flexibility index (Phi) is 3.93. The fraction of sp³-hybridized carbons (Fsp3) is 0.458. The predicted molar refractivity (Wildman–Crippen MR) is 118 cm³/mol. The Morgan fingerprint density at radius 2 is 2.10 bits per heavy atom. The van der Waals surface area contributed by atoms with Crippen LogP contribution in [0.4, 0.5) is 11.4 Å². The zero-order valence-corrected chi connectivity index (χ0v) is 17.2. The van der Waals surface area contributed by atoms with Gasteiger partial charge >= 0.3 is 0 Å². The lowest BCUT2D eigenvalue weighted by atomic mass is 9.88. The molecule has 0 saturated carbocycles. The highest BCUT2D eigenvalue weighted by molar-refractivity contribution is 5.96. The molecule has 1 fully saturated rings. The quantitative estimate of drug-likeness (QED) is 0.768. The van der Waals surface area contributed by atoms with Crippen molar-refractivity contribution >= 4 is 23.2 Å². The highest BCUT2D eigenvalue weighted by Crippen LogP contribution is 2.39. The largest absolute Gasteiger partial charge is 0.363 e. The zero-order valence-electron chi connectivity index (χ0n) is 20.2. The van der Waals surface area contributed by atoms with Crippen LogP contribution in [0, 0.1) is 0 Å². The standard InChI is InChI=1S/C24H28N4O2/c1-3-23(29)27-10-11-28-18(15-27)6-7-19-20(13-25-14-22(19)28)16-4-8-21-17(12-16)5-9-24(30)26(21)2/h4,8,12-14,18H,3,5-7,9-11,15H2,1-2H3/i2D3. The van der Waals surface area contributed by atoms with Crippen molar-refractivity contribution in [3.63, 3.8) is 0 Å². The number of benzene rings is 1. The van der Waals surface area contributed by atoms with Gasteiger partial charge in [0.25, 0.3) is 0 Å². The topological polar surface area (TPSA) is 56.8 Å². The van der Waals surface area contributed by atoms with Gasteiger partial charge in [0, 0.05) is 67.1 Å². The second-order valence-electron chi connectivity index (χ2n) is 8.34. The number of nitrogens with zero attached hydrogens (tertiary/aromatic N) is 4. The van der Waals surface area contributed by atoms with E-state index in [1.807, 2.05) is 36.4 Å². The minimum atomic E-state index is -2.49. The summed E-state index contributed by atoms with van der Waals surface area (Å²) in [4.78, 5) is 34.3. The van der Waals surface area contributed by atoms with E-state index in [9.17, 15) is 9.59 Å². The summed E-state index contributed by atoms with van der Waals surface area (Å²) in [5, 5.41) is 0. The molecule has 0 aliphatic carbocycles. The molecule has 0 bridgehead atoms. The van der Waals surface area contributed by atoms with Gasteiger partial charge in [0.1, 0.15) is 0 Å². The van der Waals surface area contributed by atoms with Crippen LogP contribution in [-0.4, -0.2) is 54.4 Å². The number of carbonyl (C=O) groups excluding carboxylic acids is 2. The maximum atomic E-state index is 12.3. The Balaban J connectivity index is 1.48. The normalized spacial score (nSPS) is 22.4. The van der Waals surface area contributed by atoms with E-state index in [-0.39, 0.29) is 18.2 Å². The van der Waals surface area contributed by atoms with Crippen molar-refractivity contribution in [1.82, 2.24) is 9.88 Å². The minimum Gasteiger partial charge on any atom is -0.363 e. The number of piperazine rings is 1. The lowest BCUT2D eigenvalue weighted by Gasteiger charge is -2.46. The number of aromatic nitrogens is 1. The van der Waals surface area contributed by atoms with Crippen LogP contribution in [0.15, 0.2) is 30.6 Å². The lowest BCUT2D eigenvalue weighted by Crippen LogP contribution is -2.56. The number of carbonyl (C=O) groups is 2. The molecule has 0 radical (unpaired) electrons. The molecular weight excluding hydrogens is 376 g/mol. The molecule has 1 saturated heterocycles. The van der Waals surface area contributed by atoms with Crippen LogP contribution in [0.5, 0.6) is 0 Å². The maximum absolute atomic E-state index is 12.3. The first-order valence-electron chi connectivity index (χ1n) is 12.3. The number of rotatable bonds is 2. The Morgan fingerprint density at radius 1 is 1.20 bits per heavy atom. The predicted octanol–water partition coefficient (Wildman–Crippen LogP) is 3.03. The van der Waals surface area contributed by atoms with Gasteiger partial charge in [0.2, 0.25) is 11.8 Å². The maximum Gasteiger partial charge on any atom is 0.227 e. The third kappa shape index (κ3) is 3.06. The molecule has 0 N–H and O–H groups in total. The number of amides is 2. The molecule has 1 aromatic carbocycles. The molecule has 4 heterocycles. The van der Waals surface area contributed by atoms with Gasteiger partial charge in [-0.05, 0) is 48.1 Å². The third-order valence-electron chi connectivity index (χ3n) is 6.70. The number of fused-ring (bicyclic) bond motifs is 4. The third-order valence-corrected chi connectivity index (χ3v) is 6.70. The van der Waals surface area contributed by atoms with Crippen molar-refractivity contribution in [2.45, 2.75) is 45.1 Å². The summed E-state index contributed by atoms with van der Waals surface area (Å²) < 4.78 is 23.3. The SMILES string of the molecule is [2H]C([2H])([2H])N1C(=O)CCc2cc(-c3cncc4c3CCC3CN(C(=O)CC)CCN43)ccc21. The molecule has 5 rings (SSSR count). The lowest BCUT2D eigenvalue weighted by molar-refractivity contribution is -0.131. The highest BCUT2D eigenvalue weighted by atomic mass is 16.2. The van der Waals surface area contributed by atoms with Crippen molar-refractivity contribution in [3.05, 3.63) is 41.7 Å². The molecule has 1 atom stereocenters. The zero-order chi connectivity index (χ0) is 23.3. The molecule has 1 unspecified atom stereocenters. The van der Waals surface area contributed by atoms with Crippen LogP contribution < -0.4 is 9.80 Å². The van der Waals surface area contributed by atoms with E-state index < -0.39 is 6.98 Å². The smallest absolute Gasteiger partial charge is 0.227 e. The van der Waals surface area contributed by atoms with Crippen LogP contribution in [0.25, 0.3) is 11.1 Å². The van der Waals surface area contributed by atoms with Gasteiger partial charge in [-0.3, -0.25) is 14.6 Å². The monoisotopic (exact) mass is 407 g/mol. The molecular formula is C24H28N4O2. The average molecular weight is 408 g/mol. The number of pyridine rings is 1. The first kappa shape index (κ1) is 15.9. The van der Waals surface area contributed by atoms with Crippen molar-refractivity contribution < 1.29 is 13.7 Å². The van der Waals surface area contributed by atoms with E-state index in [0.717, 1.165) is 59.8 Å². The summed E-state index contributed by atoms with van der Waals surface area (Å²) in [7, 11) is 0. The second-order valence-corrected chi connectivity index (χ2v) is 8.34. The molecule has 2 aromatic rings. The van der Waals surface area contributed by atoms with E-state index in [4.69, 9.17) is 4.11 Å². The Labute approximate surface area is 181 Å². The molecule has 3 aliphatic heterocycles. The molecule has 1 aromatic heterocycles. The summed E-state index contributed by atoms with van der Waals surface area (Å²) in [5.74, 6) is -0.147. The Bertz CT molecular complexity index is 1120. The van der Waals surface area contributed by atoms with Gasteiger partial charge in [-0.15, -0.1) is 0 Å². The van der Waals surface area contributed by atoms with E-state index in [1.165, 1.54) is 5.56 Å². The fourth-order valence-electron chi connectivity index (χ4n) is 5.08. The Hall–Kier alpha value is -2.89. The summed E-state index contributed by atoms with van der Waals surface area (Å²) in [5.41, 5.74) is 5.78. The summed E-state index contributed by atoms with van der Waals surface area (Å²) in [6.07, 6.45) is 6.96. The van der Waals surface area contributed by atoms with Crippen LogP contribution in [0.3, 0.4) is 0 Å². The average Bonchev–Trinajstić information content (AvgIpc) is 2.81. The van der Waals surface area contributed by atoms with Crippen LogP contribution >= 0.6 is 0 Å². The number of hydrogen-bond acceptors (Lipinski definition) is 4. The van der Waals surface area contributed by atoms with Gasteiger partial charge < -0.3 is 14.7 Å². The molecule has 6 heteroatoms. The van der Waals surface area contributed by atoms with Gasteiger partial charge in [-0.25, -0.2) is 0 Å². The highest BCUT2D eigenvalue weighted by Gasteiger charge is 2.34. The van der Waals surface area contributed by atoms with Crippen molar-refractivity contribution in [1.29, 1.82) is 0 Å². The van der Waals surface area contributed by atoms with Gasteiger partial charge in [-0.2, -0.15) is 0 Å². The van der Waals surface area contributed by atoms with Crippen LogP contribution in [-0.2, 0) is 22.4 Å². The van der Waals surface area contributed by atoms with Crippen LogP contribution in [0.2, 0.25) is 0 Å². The van der Waals surface area contributed by atoms with Gasteiger partial charge in [0.05, 0.1) is 11.9 Å². The molecule has 3 aliphatic rings. The molecule has 0 spiro atoms. The van der Waals surface area contributed by atoms with Gasteiger partial charge in [0.15, 0.2) is 0 Å². The summed E-state index contributed by atoms with van der Waals surface area (Å²) >= 11 is 0. The van der Waals surface area contributed by atoms with E-state index >= 15 is 0 Å². The molecule has 30 heavy (non-hydrogen) atoms. The van der Waals surface area contributed by atoms with E-state index in [1.54, 1.807) is 6.07 Å². The number of aryl methyl sites for hydroxylation is 1. The van der Waals surface area contributed by atoms with E-state index in [0.29, 0.717) is 24.6 Å². The first-order valence-corrected chi connectivity index (χ1v) is 10.8. The first-order chi connectivity index (χ1) is 15.8. The fourth-order valence-corrected chi connectivity index (χ4v) is 5.08.